The van der Waals surface area contributed by atoms with Crippen molar-refractivity contribution >= 4 is 21.8 Å². The van der Waals surface area contributed by atoms with Gasteiger partial charge in [-0.2, -0.15) is 0 Å². The minimum Gasteiger partial charge on any atom is -0.349 e. The molecule has 150 valence electrons. The second-order valence-electron chi connectivity index (χ2n) is 7.06. The molecule has 0 radical (unpaired) electrons. The highest BCUT2D eigenvalue weighted by atomic mass is 32.2. The van der Waals surface area contributed by atoms with Gasteiger partial charge in [0, 0.05) is 26.1 Å². The van der Waals surface area contributed by atoms with Gasteiger partial charge in [-0.15, -0.1) is 0 Å². The molecular formula is C19H29N3O4S. The van der Waals surface area contributed by atoms with Crippen LogP contribution in [0.4, 0.5) is 0 Å². The largest absolute Gasteiger partial charge is 0.349 e. The Bertz CT molecular complexity index is 737. The number of sulfonamides is 1. The van der Waals surface area contributed by atoms with E-state index in [2.05, 4.69) is 10.0 Å². The summed E-state index contributed by atoms with van der Waals surface area (Å²) in [6.07, 6.45) is 4.76. The molecule has 0 aliphatic carbocycles. The number of likely N-dealkylation sites (tertiary alicyclic amines) is 1. The lowest BCUT2D eigenvalue weighted by Crippen LogP contribution is -2.46. The zero-order valence-electron chi connectivity index (χ0n) is 16.0. The lowest BCUT2D eigenvalue weighted by atomic mass is 9.97. The van der Waals surface area contributed by atoms with Crippen LogP contribution in [0.5, 0.6) is 0 Å². The van der Waals surface area contributed by atoms with Crippen LogP contribution in [-0.4, -0.2) is 50.5 Å². The number of amides is 2. The molecule has 1 saturated heterocycles. The molecule has 0 saturated carbocycles. The molecule has 2 amide bonds. The Balaban J connectivity index is 2.03. The van der Waals surface area contributed by atoms with Gasteiger partial charge in [0.15, 0.2) is 0 Å². The molecule has 0 bridgehead atoms. The molecular weight excluding hydrogens is 366 g/mol. The van der Waals surface area contributed by atoms with Crippen molar-refractivity contribution in [2.45, 2.75) is 51.1 Å². The average Bonchev–Trinajstić information content (AvgIpc) is 2.61. The van der Waals surface area contributed by atoms with E-state index in [1.165, 1.54) is 6.92 Å². The maximum Gasteiger partial charge on any atom is 0.225 e. The SMILES string of the molecule is CC(=O)N[C@@H](CC(=O)N1CCCC[C@H]1CCNS(C)(=O)=O)c1ccccc1. The minimum absolute atomic E-state index is 0.0124. The van der Waals surface area contributed by atoms with Crippen molar-refractivity contribution in [3.63, 3.8) is 0 Å². The van der Waals surface area contributed by atoms with Crippen LogP contribution in [0.2, 0.25) is 0 Å². The molecule has 1 heterocycles. The maximum absolute atomic E-state index is 13.0. The van der Waals surface area contributed by atoms with E-state index in [1.54, 1.807) is 0 Å². The van der Waals surface area contributed by atoms with Crippen molar-refractivity contribution in [2.24, 2.45) is 0 Å². The third kappa shape index (κ3) is 7.30. The van der Waals surface area contributed by atoms with Crippen molar-refractivity contribution in [1.29, 1.82) is 0 Å². The monoisotopic (exact) mass is 395 g/mol. The van der Waals surface area contributed by atoms with Gasteiger partial charge in [-0.1, -0.05) is 30.3 Å². The highest BCUT2D eigenvalue weighted by molar-refractivity contribution is 7.88. The molecule has 2 atom stereocenters. The molecule has 1 aromatic carbocycles. The van der Waals surface area contributed by atoms with Crippen molar-refractivity contribution in [1.82, 2.24) is 14.9 Å². The summed E-state index contributed by atoms with van der Waals surface area (Å²) >= 11 is 0. The number of nitrogens with one attached hydrogen (secondary N) is 2. The van der Waals surface area contributed by atoms with E-state index in [4.69, 9.17) is 0 Å². The van der Waals surface area contributed by atoms with E-state index in [0.29, 0.717) is 19.5 Å². The average molecular weight is 396 g/mol. The zero-order chi connectivity index (χ0) is 19.9. The first-order valence-electron chi connectivity index (χ1n) is 9.32. The molecule has 0 aromatic heterocycles. The second-order valence-corrected chi connectivity index (χ2v) is 8.89. The van der Waals surface area contributed by atoms with Crippen molar-refractivity contribution in [3.05, 3.63) is 35.9 Å². The molecule has 8 heteroatoms. The molecule has 7 nitrogen and oxygen atoms in total. The molecule has 0 unspecified atom stereocenters. The van der Waals surface area contributed by atoms with Crippen LogP contribution in [0, 0.1) is 0 Å². The Morgan fingerprint density at radius 1 is 1.22 bits per heavy atom. The Morgan fingerprint density at radius 3 is 2.56 bits per heavy atom. The fraction of sp³-hybridized carbons (Fsp3) is 0.579. The smallest absolute Gasteiger partial charge is 0.225 e. The van der Waals surface area contributed by atoms with E-state index < -0.39 is 10.0 Å². The summed E-state index contributed by atoms with van der Waals surface area (Å²) in [7, 11) is -3.23. The summed E-state index contributed by atoms with van der Waals surface area (Å²) in [6, 6.07) is 9.12. The predicted molar refractivity (Wildman–Crippen MR) is 104 cm³/mol. The highest BCUT2D eigenvalue weighted by Crippen LogP contribution is 2.24. The number of carbonyl (C=O) groups excluding carboxylic acids is 2. The van der Waals surface area contributed by atoms with E-state index in [9.17, 15) is 18.0 Å². The number of rotatable bonds is 8. The lowest BCUT2D eigenvalue weighted by Gasteiger charge is -2.37. The molecule has 1 aromatic rings. The summed E-state index contributed by atoms with van der Waals surface area (Å²) in [5.74, 6) is -0.189. The van der Waals surface area contributed by atoms with Gasteiger partial charge in [0.05, 0.1) is 18.7 Å². The van der Waals surface area contributed by atoms with Crippen LogP contribution in [0.15, 0.2) is 30.3 Å². The number of nitrogens with zero attached hydrogens (tertiary/aromatic N) is 1. The van der Waals surface area contributed by atoms with Crippen molar-refractivity contribution in [3.8, 4) is 0 Å². The maximum atomic E-state index is 13.0. The number of hydrogen-bond acceptors (Lipinski definition) is 4. The van der Waals surface area contributed by atoms with Gasteiger partial charge >= 0.3 is 0 Å². The quantitative estimate of drug-likeness (QED) is 0.698. The molecule has 2 rings (SSSR count). The molecule has 1 aliphatic rings. The molecule has 1 aliphatic heterocycles. The van der Waals surface area contributed by atoms with E-state index >= 15 is 0 Å². The fourth-order valence-electron chi connectivity index (χ4n) is 3.51. The Labute approximate surface area is 161 Å². The normalized spacial score (nSPS) is 18.7. The number of carbonyl (C=O) groups is 2. The topological polar surface area (TPSA) is 95.6 Å². The second kappa shape index (κ2) is 9.85. The van der Waals surface area contributed by atoms with E-state index in [-0.39, 0.29) is 30.3 Å². The van der Waals surface area contributed by atoms with Crippen LogP contribution in [0.25, 0.3) is 0 Å². The van der Waals surface area contributed by atoms with Gasteiger partial charge in [0.25, 0.3) is 0 Å². The summed E-state index contributed by atoms with van der Waals surface area (Å²) in [5, 5.41) is 2.87. The first-order chi connectivity index (χ1) is 12.8. The first kappa shape index (κ1) is 21.4. The third-order valence-electron chi connectivity index (χ3n) is 4.75. The van der Waals surface area contributed by atoms with Crippen LogP contribution in [0.3, 0.4) is 0 Å². The van der Waals surface area contributed by atoms with Gasteiger partial charge in [0.2, 0.25) is 21.8 Å². The van der Waals surface area contributed by atoms with Gasteiger partial charge in [-0.25, -0.2) is 13.1 Å². The lowest BCUT2D eigenvalue weighted by molar-refractivity contribution is -0.135. The van der Waals surface area contributed by atoms with Gasteiger partial charge in [-0.05, 0) is 31.2 Å². The van der Waals surface area contributed by atoms with Gasteiger partial charge in [0.1, 0.15) is 0 Å². The number of benzene rings is 1. The number of hydrogen-bond donors (Lipinski definition) is 2. The minimum atomic E-state index is -3.23. The predicted octanol–water partition coefficient (Wildman–Crippen LogP) is 1.57. The third-order valence-corrected chi connectivity index (χ3v) is 5.48. The Morgan fingerprint density at radius 2 is 1.93 bits per heavy atom. The molecule has 2 N–H and O–H groups in total. The van der Waals surface area contributed by atoms with Crippen LogP contribution in [-0.2, 0) is 19.6 Å². The van der Waals surface area contributed by atoms with Crippen LogP contribution < -0.4 is 10.0 Å². The van der Waals surface area contributed by atoms with Gasteiger partial charge in [-0.3, -0.25) is 9.59 Å². The van der Waals surface area contributed by atoms with Crippen molar-refractivity contribution < 1.29 is 18.0 Å². The van der Waals surface area contributed by atoms with Gasteiger partial charge < -0.3 is 10.2 Å². The Hall–Kier alpha value is -1.93. The summed E-state index contributed by atoms with van der Waals surface area (Å²) < 4.78 is 25.0. The van der Waals surface area contributed by atoms with E-state index in [1.807, 2.05) is 35.2 Å². The zero-order valence-corrected chi connectivity index (χ0v) is 16.8. The molecule has 27 heavy (non-hydrogen) atoms. The number of piperidine rings is 1. The Kier molecular flexibility index (Phi) is 7.79. The molecule has 1 fully saturated rings. The fourth-order valence-corrected chi connectivity index (χ4v) is 4.00. The summed E-state index contributed by atoms with van der Waals surface area (Å²) in [6.45, 7) is 2.44. The summed E-state index contributed by atoms with van der Waals surface area (Å²) in [4.78, 5) is 26.4. The van der Waals surface area contributed by atoms with Crippen LogP contribution in [0.1, 0.15) is 50.6 Å². The first-order valence-corrected chi connectivity index (χ1v) is 11.2. The van der Waals surface area contributed by atoms with Crippen molar-refractivity contribution in [2.75, 3.05) is 19.3 Å². The molecule has 0 spiro atoms. The van der Waals surface area contributed by atoms with Crippen LogP contribution >= 0.6 is 0 Å². The summed E-state index contributed by atoms with van der Waals surface area (Å²) in [5.41, 5.74) is 0.897. The van der Waals surface area contributed by atoms with E-state index in [0.717, 1.165) is 31.1 Å². The standard InChI is InChI=1S/C19H29N3O4S/c1-15(23)21-18(16-8-4-3-5-9-16)14-19(24)22-13-7-6-10-17(22)11-12-20-27(2,25)26/h3-5,8-9,17-18,20H,6-7,10-14H2,1-2H3,(H,21,23)/t17-,18-/m0/s1. The highest BCUT2D eigenvalue weighted by Gasteiger charge is 2.28.